The Kier molecular flexibility index (Phi) is 4.70. The molecule has 1 aromatic carbocycles. The van der Waals surface area contributed by atoms with E-state index in [1.54, 1.807) is 14.0 Å². The molecule has 1 aromatic rings. The fourth-order valence-electron chi connectivity index (χ4n) is 2.91. The second-order valence-electron chi connectivity index (χ2n) is 5.44. The Bertz CT molecular complexity index is 531. The topological polar surface area (TPSA) is 55.4 Å². The first-order chi connectivity index (χ1) is 9.51. The zero-order valence-corrected chi connectivity index (χ0v) is 13.0. The molecule has 5 heteroatoms. The standard InChI is InChI=1S/C15H23NO3S/c1-3-20(17,18)16-12-15(10-4-5-11-15)13-6-8-14(19-2)9-7-13/h6-9,16H,3-5,10-12H2,1-2H3. The van der Waals surface area contributed by atoms with Crippen molar-refractivity contribution in [2.24, 2.45) is 0 Å². The summed E-state index contributed by atoms with van der Waals surface area (Å²) in [7, 11) is -1.49. The van der Waals surface area contributed by atoms with Crippen LogP contribution in [-0.4, -0.2) is 27.8 Å². The maximum Gasteiger partial charge on any atom is 0.211 e. The Morgan fingerprint density at radius 3 is 2.30 bits per heavy atom. The van der Waals surface area contributed by atoms with Gasteiger partial charge >= 0.3 is 0 Å². The smallest absolute Gasteiger partial charge is 0.211 e. The summed E-state index contributed by atoms with van der Waals surface area (Å²) in [5.41, 5.74) is 1.14. The third-order valence-corrected chi connectivity index (χ3v) is 5.62. The molecule has 112 valence electrons. The molecule has 0 bridgehead atoms. The Morgan fingerprint density at radius 1 is 1.20 bits per heavy atom. The van der Waals surface area contributed by atoms with Crippen molar-refractivity contribution in [3.05, 3.63) is 29.8 Å². The van der Waals surface area contributed by atoms with Crippen LogP contribution in [0.25, 0.3) is 0 Å². The number of hydrogen-bond acceptors (Lipinski definition) is 3. The van der Waals surface area contributed by atoms with E-state index in [0.29, 0.717) is 6.54 Å². The monoisotopic (exact) mass is 297 g/mol. The molecule has 0 heterocycles. The second-order valence-corrected chi connectivity index (χ2v) is 7.54. The Balaban J connectivity index is 2.20. The van der Waals surface area contributed by atoms with Gasteiger partial charge in [-0.2, -0.15) is 0 Å². The predicted molar refractivity (Wildman–Crippen MR) is 80.6 cm³/mol. The van der Waals surface area contributed by atoms with E-state index >= 15 is 0 Å². The minimum Gasteiger partial charge on any atom is -0.497 e. The number of methoxy groups -OCH3 is 1. The number of nitrogens with one attached hydrogen (secondary N) is 1. The van der Waals surface area contributed by atoms with Crippen LogP contribution in [0.5, 0.6) is 5.75 Å². The highest BCUT2D eigenvalue weighted by Gasteiger charge is 2.36. The average Bonchev–Trinajstić information content (AvgIpc) is 2.96. The molecule has 1 aliphatic rings. The minimum atomic E-state index is -3.14. The maximum absolute atomic E-state index is 11.7. The lowest BCUT2D eigenvalue weighted by atomic mass is 9.79. The van der Waals surface area contributed by atoms with Gasteiger partial charge in [0.05, 0.1) is 12.9 Å². The third kappa shape index (κ3) is 3.33. The highest BCUT2D eigenvalue weighted by atomic mass is 32.2. The predicted octanol–water partition coefficient (Wildman–Crippen LogP) is 2.45. The Hall–Kier alpha value is -1.07. The van der Waals surface area contributed by atoms with Crippen LogP contribution < -0.4 is 9.46 Å². The van der Waals surface area contributed by atoms with Gasteiger partial charge in [0.2, 0.25) is 10.0 Å². The van der Waals surface area contributed by atoms with Gasteiger partial charge < -0.3 is 4.74 Å². The minimum absolute atomic E-state index is 0.0610. The van der Waals surface area contributed by atoms with E-state index in [9.17, 15) is 8.42 Å². The zero-order valence-electron chi connectivity index (χ0n) is 12.2. The van der Waals surface area contributed by atoms with Crippen LogP contribution in [0.3, 0.4) is 0 Å². The summed E-state index contributed by atoms with van der Waals surface area (Å²) in [6.07, 6.45) is 4.37. The molecule has 0 atom stereocenters. The van der Waals surface area contributed by atoms with Crippen molar-refractivity contribution >= 4 is 10.0 Å². The SMILES string of the molecule is CCS(=O)(=O)NCC1(c2ccc(OC)cc2)CCCC1. The highest BCUT2D eigenvalue weighted by Crippen LogP contribution is 2.41. The lowest BCUT2D eigenvalue weighted by Gasteiger charge is -2.30. The van der Waals surface area contributed by atoms with Crippen molar-refractivity contribution in [1.29, 1.82) is 0 Å². The van der Waals surface area contributed by atoms with E-state index in [1.807, 2.05) is 12.1 Å². The van der Waals surface area contributed by atoms with Crippen molar-refractivity contribution < 1.29 is 13.2 Å². The Morgan fingerprint density at radius 2 is 1.80 bits per heavy atom. The van der Waals surface area contributed by atoms with E-state index < -0.39 is 10.0 Å². The lowest BCUT2D eigenvalue weighted by Crippen LogP contribution is -2.39. The second kappa shape index (κ2) is 6.14. The largest absolute Gasteiger partial charge is 0.497 e. The van der Waals surface area contributed by atoms with E-state index in [0.717, 1.165) is 31.4 Å². The van der Waals surface area contributed by atoms with E-state index in [1.165, 1.54) is 5.56 Å². The first-order valence-electron chi connectivity index (χ1n) is 7.13. The van der Waals surface area contributed by atoms with Crippen molar-refractivity contribution in [2.75, 3.05) is 19.4 Å². The van der Waals surface area contributed by atoms with Crippen molar-refractivity contribution in [2.45, 2.75) is 38.0 Å². The normalized spacial score (nSPS) is 18.1. The molecule has 0 amide bonds. The number of sulfonamides is 1. The summed E-state index contributed by atoms with van der Waals surface area (Å²) in [4.78, 5) is 0. The molecule has 1 saturated carbocycles. The van der Waals surface area contributed by atoms with Crippen molar-refractivity contribution in [1.82, 2.24) is 4.72 Å². The van der Waals surface area contributed by atoms with E-state index in [2.05, 4.69) is 16.9 Å². The fraction of sp³-hybridized carbons (Fsp3) is 0.600. The van der Waals surface area contributed by atoms with Gasteiger partial charge in [-0.25, -0.2) is 13.1 Å². The van der Waals surface area contributed by atoms with Crippen LogP contribution in [0.15, 0.2) is 24.3 Å². The van der Waals surface area contributed by atoms with E-state index in [-0.39, 0.29) is 11.2 Å². The molecule has 2 rings (SSSR count). The maximum atomic E-state index is 11.7. The summed E-state index contributed by atoms with van der Waals surface area (Å²) in [5, 5.41) is 0. The fourth-order valence-corrected chi connectivity index (χ4v) is 3.61. The third-order valence-electron chi connectivity index (χ3n) is 4.27. The highest BCUT2D eigenvalue weighted by molar-refractivity contribution is 7.89. The average molecular weight is 297 g/mol. The van der Waals surface area contributed by atoms with Gasteiger partial charge in [-0.1, -0.05) is 25.0 Å². The first-order valence-corrected chi connectivity index (χ1v) is 8.78. The van der Waals surface area contributed by atoms with E-state index in [4.69, 9.17) is 4.74 Å². The van der Waals surface area contributed by atoms with Gasteiger partial charge in [0.1, 0.15) is 5.75 Å². The quantitative estimate of drug-likeness (QED) is 0.877. The van der Waals surface area contributed by atoms with Crippen LogP contribution in [0.4, 0.5) is 0 Å². The molecular formula is C15H23NO3S. The summed E-state index contributed by atoms with van der Waals surface area (Å²) in [6.45, 7) is 2.16. The van der Waals surface area contributed by atoms with Crippen LogP contribution in [-0.2, 0) is 15.4 Å². The van der Waals surface area contributed by atoms with Crippen LogP contribution in [0, 0.1) is 0 Å². The number of hydrogen-bond donors (Lipinski definition) is 1. The molecule has 0 aromatic heterocycles. The van der Waals surface area contributed by atoms with Gasteiger partial charge in [-0.05, 0) is 37.5 Å². The van der Waals surface area contributed by atoms with Gasteiger partial charge in [-0.15, -0.1) is 0 Å². The molecule has 1 N–H and O–H groups in total. The number of rotatable bonds is 6. The lowest BCUT2D eigenvalue weighted by molar-refractivity contribution is 0.410. The Labute approximate surface area is 121 Å². The zero-order chi connectivity index (χ0) is 14.6. The first kappa shape index (κ1) is 15.3. The summed E-state index contributed by atoms with van der Waals surface area (Å²) in [6, 6.07) is 8.02. The van der Waals surface area contributed by atoms with Crippen LogP contribution in [0.2, 0.25) is 0 Å². The molecule has 0 spiro atoms. The molecule has 1 fully saturated rings. The van der Waals surface area contributed by atoms with Crippen LogP contribution >= 0.6 is 0 Å². The van der Waals surface area contributed by atoms with Gasteiger partial charge in [0.25, 0.3) is 0 Å². The van der Waals surface area contributed by atoms with Gasteiger partial charge in [0.15, 0.2) is 0 Å². The molecule has 4 nitrogen and oxygen atoms in total. The summed E-state index contributed by atoms with van der Waals surface area (Å²) >= 11 is 0. The molecule has 1 aliphatic carbocycles. The molecule has 0 unspecified atom stereocenters. The van der Waals surface area contributed by atoms with Crippen molar-refractivity contribution in [3.63, 3.8) is 0 Å². The van der Waals surface area contributed by atoms with Crippen LogP contribution in [0.1, 0.15) is 38.2 Å². The number of ether oxygens (including phenoxy) is 1. The van der Waals surface area contributed by atoms with Gasteiger partial charge in [-0.3, -0.25) is 0 Å². The number of benzene rings is 1. The molecule has 0 radical (unpaired) electrons. The van der Waals surface area contributed by atoms with Crippen molar-refractivity contribution in [3.8, 4) is 5.75 Å². The molecule has 20 heavy (non-hydrogen) atoms. The summed E-state index contributed by atoms with van der Waals surface area (Å²) in [5.74, 6) is 0.960. The molecule has 0 saturated heterocycles. The molecule has 0 aliphatic heterocycles. The summed E-state index contributed by atoms with van der Waals surface area (Å²) < 4.78 is 31.3. The molecular weight excluding hydrogens is 274 g/mol. The van der Waals surface area contributed by atoms with Gasteiger partial charge in [0, 0.05) is 12.0 Å².